The summed E-state index contributed by atoms with van der Waals surface area (Å²) in [5.74, 6) is -2.02. The zero-order valence-corrected chi connectivity index (χ0v) is 13.0. The number of carbonyl (C=O) groups is 1. The van der Waals surface area contributed by atoms with Crippen molar-refractivity contribution in [2.45, 2.75) is 0 Å². The Balaban J connectivity index is 1.74. The van der Waals surface area contributed by atoms with Crippen LogP contribution in [0, 0.1) is 11.6 Å². The van der Waals surface area contributed by atoms with Gasteiger partial charge in [-0.1, -0.05) is 24.3 Å². The fraction of sp³-hybridized carbons (Fsp3) is 0.211. The molecule has 0 atom stereocenters. The van der Waals surface area contributed by atoms with Gasteiger partial charge in [0, 0.05) is 24.3 Å². The Bertz CT molecular complexity index is 768. The monoisotopic (exact) mass is 329 g/mol. The van der Waals surface area contributed by atoms with E-state index in [4.69, 9.17) is 4.74 Å². The lowest BCUT2D eigenvalue weighted by atomic mass is 10.1. The number of nitrogens with zero attached hydrogens (tertiary/aromatic N) is 1. The minimum atomic E-state index is -0.932. The van der Waals surface area contributed by atoms with Crippen LogP contribution in [0.25, 0.3) is 6.08 Å². The van der Waals surface area contributed by atoms with Crippen LogP contribution in [0.2, 0.25) is 0 Å². The molecular formula is C19H17F2NO2. The minimum absolute atomic E-state index is 0.185. The van der Waals surface area contributed by atoms with Gasteiger partial charge in [-0.3, -0.25) is 4.79 Å². The Morgan fingerprint density at radius 3 is 2.58 bits per heavy atom. The second-order valence-corrected chi connectivity index (χ2v) is 5.52. The van der Waals surface area contributed by atoms with Crippen LogP contribution in [0.15, 0.2) is 48.5 Å². The molecule has 0 amide bonds. The number of hydrogen-bond donors (Lipinski definition) is 0. The summed E-state index contributed by atoms with van der Waals surface area (Å²) in [6, 6.07) is 10.9. The number of rotatable bonds is 4. The molecule has 0 bridgehead atoms. The number of halogens is 2. The molecule has 1 aliphatic heterocycles. The standard InChI is InChI=1S/C19H17F2NO2/c20-17-6-4-14(12-18(17)21)5-7-19(23)15-2-1-3-16(13-15)22-8-10-24-11-9-22/h1-7,12-13H,8-11H2. The minimum Gasteiger partial charge on any atom is -0.378 e. The summed E-state index contributed by atoms with van der Waals surface area (Å²) < 4.78 is 31.4. The van der Waals surface area contributed by atoms with E-state index in [1.54, 1.807) is 6.07 Å². The molecule has 24 heavy (non-hydrogen) atoms. The summed E-state index contributed by atoms with van der Waals surface area (Å²) in [6.45, 7) is 2.94. The summed E-state index contributed by atoms with van der Waals surface area (Å²) >= 11 is 0. The second kappa shape index (κ2) is 7.36. The molecule has 2 aromatic rings. The van der Waals surface area contributed by atoms with Crippen LogP contribution in [0.4, 0.5) is 14.5 Å². The maximum absolute atomic E-state index is 13.2. The van der Waals surface area contributed by atoms with Crippen LogP contribution in [-0.2, 0) is 4.74 Å². The van der Waals surface area contributed by atoms with E-state index in [0.717, 1.165) is 30.9 Å². The molecule has 0 spiro atoms. The highest BCUT2D eigenvalue weighted by Gasteiger charge is 2.12. The maximum Gasteiger partial charge on any atom is 0.185 e. The maximum atomic E-state index is 13.2. The predicted molar refractivity (Wildman–Crippen MR) is 89.2 cm³/mol. The van der Waals surface area contributed by atoms with E-state index in [2.05, 4.69) is 4.90 Å². The molecule has 0 aliphatic carbocycles. The summed E-state index contributed by atoms with van der Waals surface area (Å²) in [5, 5.41) is 0. The van der Waals surface area contributed by atoms with E-state index in [1.807, 2.05) is 18.2 Å². The Labute approximate surface area is 139 Å². The highest BCUT2D eigenvalue weighted by atomic mass is 19.2. The quantitative estimate of drug-likeness (QED) is 0.633. The summed E-state index contributed by atoms with van der Waals surface area (Å²) in [5.41, 5.74) is 1.97. The first-order valence-corrected chi connectivity index (χ1v) is 7.74. The van der Waals surface area contributed by atoms with Crippen molar-refractivity contribution in [3.8, 4) is 0 Å². The highest BCUT2D eigenvalue weighted by Crippen LogP contribution is 2.18. The van der Waals surface area contributed by atoms with Crippen molar-refractivity contribution in [3.05, 3.63) is 71.3 Å². The smallest absolute Gasteiger partial charge is 0.185 e. The van der Waals surface area contributed by atoms with E-state index in [9.17, 15) is 13.6 Å². The molecule has 1 aliphatic rings. The number of carbonyl (C=O) groups excluding carboxylic acids is 1. The van der Waals surface area contributed by atoms with Gasteiger partial charge in [-0.15, -0.1) is 0 Å². The zero-order valence-electron chi connectivity index (χ0n) is 13.0. The Morgan fingerprint density at radius 1 is 1.04 bits per heavy atom. The van der Waals surface area contributed by atoms with Crippen molar-refractivity contribution in [1.82, 2.24) is 0 Å². The van der Waals surface area contributed by atoms with Crippen molar-refractivity contribution in [1.29, 1.82) is 0 Å². The molecule has 0 aromatic heterocycles. The van der Waals surface area contributed by atoms with Crippen LogP contribution in [-0.4, -0.2) is 32.1 Å². The van der Waals surface area contributed by atoms with E-state index in [0.29, 0.717) is 24.3 Å². The van der Waals surface area contributed by atoms with Crippen LogP contribution in [0.3, 0.4) is 0 Å². The number of benzene rings is 2. The summed E-state index contributed by atoms with van der Waals surface area (Å²) in [7, 11) is 0. The lowest BCUT2D eigenvalue weighted by Gasteiger charge is -2.29. The molecule has 1 saturated heterocycles. The molecule has 3 nitrogen and oxygen atoms in total. The fourth-order valence-corrected chi connectivity index (χ4v) is 2.56. The van der Waals surface area contributed by atoms with Crippen LogP contribution < -0.4 is 4.90 Å². The van der Waals surface area contributed by atoms with Gasteiger partial charge in [-0.25, -0.2) is 8.78 Å². The van der Waals surface area contributed by atoms with Crippen molar-refractivity contribution >= 4 is 17.5 Å². The number of anilines is 1. The summed E-state index contributed by atoms with van der Waals surface area (Å²) in [4.78, 5) is 14.5. The van der Waals surface area contributed by atoms with E-state index in [-0.39, 0.29) is 5.78 Å². The van der Waals surface area contributed by atoms with Crippen LogP contribution >= 0.6 is 0 Å². The summed E-state index contributed by atoms with van der Waals surface area (Å²) in [6.07, 6.45) is 2.84. The lowest BCUT2D eigenvalue weighted by Crippen LogP contribution is -2.36. The SMILES string of the molecule is O=C(C=Cc1ccc(F)c(F)c1)c1cccc(N2CCOCC2)c1. The van der Waals surface area contributed by atoms with E-state index in [1.165, 1.54) is 18.2 Å². The molecule has 124 valence electrons. The van der Waals surface area contributed by atoms with Gasteiger partial charge in [0.1, 0.15) is 0 Å². The van der Waals surface area contributed by atoms with Gasteiger partial charge in [0.05, 0.1) is 13.2 Å². The van der Waals surface area contributed by atoms with Gasteiger partial charge in [0.25, 0.3) is 0 Å². The highest BCUT2D eigenvalue weighted by molar-refractivity contribution is 6.07. The Morgan fingerprint density at radius 2 is 1.83 bits per heavy atom. The molecule has 0 N–H and O–H groups in total. The van der Waals surface area contributed by atoms with Gasteiger partial charge in [-0.2, -0.15) is 0 Å². The Kier molecular flexibility index (Phi) is 5.01. The van der Waals surface area contributed by atoms with Gasteiger partial charge >= 0.3 is 0 Å². The van der Waals surface area contributed by atoms with Crippen molar-refractivity contribution in [2.75, 3.05) is 31.2 Å². The van der Waals surface area contributed by atoms with E-state index < -0.39 is 11.6 Å². The largest absolute Gasteiger partial charge is 0.378 e. The average molecular weight is 329 g/mol. The molecule has 0 saturated carbocycles. The molecule has 5 heteroatoms. The van der Waals surface area contributed by atoms with Gasteiger partial charge in [-0.05, 0) is 35.9 Å². The first-order valence-electron chi connectivity index (χ1n) is 7.74. The molecule has 1 heterocycles. The second-order valence-electron chi connectivity index (χ2n) is 5.52. The number of allylic oxidation sites excluding steroid dienone is 1. The van der Waals surface area contributed by atoms with Crippen LogP contribution in [0.1, 0.15) is 15.9 Å². The average Bonchev–Trinajstić information content (AvgIpc) is 2.63. The van der Waals surface area contributed by atoms with Gasteiger partial charge in [0.15, 0.2) is 17.4 Å². The van der Waals surface area contributed by atoms with E-state index >= 15 is 0 Å². The predicted octanol–water partition coefficient (Wildman–Crippen LogP) is 3.70. The zero-order chi connectivity index (χ0) is 16.9. The number of ether oxygens (including phenoxy) is 1. The third kappa shape index (κ3) is 3.86. The van der Waals surface area contributed by atoms with Gasteiger partial charge in [0.2, 0.25) is 0 Å². The van der Waals surface area contributed by atoms with Crippen LogP contribution in [0.5, 0.6) is 0 Å². The Hall–Kier alpha value is -2.53. The molecular weight excluding hydrogens is 312 g/mol. The lowest BCUT2D eigenvalue weighted by molar-refractivity contribution is 0.104. The van der Waals surface area contributed by atoms with Gasteiger partial charge < -0.3 is 9.64 Å². The first-order chi connectivity index (χ1) is 11.6. The van der Waals surface area contributed by atoms with Crippen molar-refractivity contribution in [2.24, 2.45) is 0 Å². The molecule has 0 radical (unpaired) electrons. The third-order valence-electron chi connectivity index (χ3n) is 3.88. The van der Waals surface area contributed by atoms with Crippen molar-refractivity contribution < 1.29 is 18.3 Å². The number of ketones is 1. The van der Waals surface area contributed by atoms with Crippen molar-refractivity contribution in [3.63, 3.8) is 0 Å². The first kappa shape index (κ1) is 16.3. The normalized spacial score (nSPS) is 15.0. The third-order valence-corrected chi connectivity index (χ3v) is 3.88. The molecule has 3 rings (SSSR count). The molecule has 1 fully saturated rings. The molecule has 2 aromatic carbocycles. The topological polar surface area (TPSA) is 29.5 Å². The molecule has 0 unspecified atom stereocenters. The fourth-order valence-electron chi connectivity index (χ4n) is 2.56. The number of morpholine rings is 1. The number of hydrogen-bond acceptors (Lipinski definition) is 3.